The summed E-state index contributed by atoms with van der Waals surface area (Å²) in [5.41, 5.74) is 0. The first-order valence-corrected chi connectivity index (χ1v) is 27.4. The molecule has 1 atom stereocenters. The number of hydrogen-bond acceptors (Lipinski definition) is 6. The van der Waals surface area contributed by atoms with Crippen molar-refractivity contribution in [2.75, 3.05) is 13.2 Å². The molecule has 0 aromatic carbocycles. The second-order valence-corrected chi connectivity index (χ2v) is 18.1. The molecule has 0 unspecified atom stereocenters. The van der Waals surface area contributed by atoms with Gasteiger partial charge in [0.15, 0.2) is 6.10 Å². The summed E-state index contributed by atoms with van der Waals surface area (Å²) in [5.74, 6) is -0.925. The van der Waals surface area contributed by atoms with Gasteiger partial charge in [0, 0.05) is 19.3 Å². The van der Waals surface area contributed by atoms with Crippen LogP contribution in [0.25, 0.3) is 0 Å². The molecule has 6 heteroatoms. The Morgan fingerprint density at radius 2 is 0.615 bits per heavy atom. The van der Waals surface area contributed by atoms with Crippen molar-refractivity contribution in [1.82, 2.24) is 0 Å². The summed E-state index contributed by atoms with van der Waals surface area (Å²) in [5, 5.41) is 0. The molecule has 65 heavy (non-hydrogen) atoms. The van der Waals surface area contributed by atoms with Gasteiger partial charge in [0.2, 0.25) is 0 Å². The maximum atomic E-state index is 12.8. The maximum absolute atomic E-state index is 12.8. The van der Waals surface area contributed by atoms with Crippen LogP contribution in [0.5, 0.6) is 0 Å². The number of rotatable bonds is 49. The third-order valence-corrected chi connectivity index (χ3v) is 11.7. The largest absolute Gasteiger partial charge is 0.462 e. The van der Waals surface area contributed by atoms with E-state index in [1.807, 2.05) is 0 Å². The highest BCUT2D eigenvalue weighted by molar-refractivity contribution is 5.71. The molecule has 0 aliphatic rings. The SMILES string of the molecule is CC/C=C\C/C=C\C/C=C\C/C=C\C/C=C\CCCCCC(=O)OC[C@H](COC(=O)CCCCCCCCCCCCCCCCCCC)OC(=O)CCCCCCC/C=C\CCCC. The lowest BCUT2D eigenvalue weighted by Gasteiger charge is -2.18. The van der Waals surface area contributed by atoms with Gasteiger partial charge in [-0.15, -0.1) is 0 Å². The Labute approximate surface area is 402 Å². The Kier molecular flexibility index (Phi) is 50.9. The number of carbonyl (C=O) groups excluding carboxylic acids is 3. The molecule has 374 valence electrons. The molecule has 0 aliphatic heterocycles. The fourth-order valence-electron chi connectivity index (χ4n) is 7.57. The van der Waals surface area contributed by atoms with E-state index in [1.54, 1.807) is 0 Å². The van der Waals surface area contributed by atoms with Crippen LogP contribution in [-0.2, 0) is 28.6 Å². The molecule has 0 fully saturated rings. The molecule has 0 radical (unpaired) electrons. The van der Waals surface area contributed by atoms with E-state index >= 15 is 0 Å². The number of hydrogen-bond donors (Lipinski definition) is 0. The minimum atomic E-state index is -0.791. The van der Waals surface area contributed by atoms with Crippen LogP contribution in [0.15, 0.2) is 72.9 Å². The third-order valence-electron chi connectivity index (χ3n) is 11.7. The van der Waals surface area contributed by atoms with Crippen LogP contribution in [0.2, 0.25) is 0 Å². The molecular weight excluding hydrogens is 805 g/mol. The van der Waals surface area contributed by atoms with Gasteiger partial charge in [0.05, 0.1) is 0 Å². The van der Waals surface area contributed by atoms with Crippen LogP contribution < -0.4 is 0 Å². The van der Waals surface area contributed by atoms with E-state index in [-0.39, 0.29) is 31.1 Å². The Hall–Kier alpha value is -3.15. The smallest absolute Gasteiger partial charge is 0.306 e. The first-order chi connectivity index (χ1) is 32.0. The lowest BCUT2D eigenvalue weighted by Crippen LogP contribution is -2.30. The zero-order chi connectivity index (χ0) is 47.2. The van der Waals surface area contributed by atoms with Crippen LogP contribution in [-0.4, -0.2) is 37.2 Å². The zero-order valence-corrected chi connectivity index (χ0v) is 42.7. The first kappa shape index (κ1) is 61.9. The lowest BCUT2D eigenvalue weighted by atomic mass is 10.0. The predicted octanol–water partition coefficient (Wildman–Crippen LogP) is 18.2. The molecule has 0 N–H and O–H groups in total. The fraction of sp³-hybridized carbons (Fsp3) is 0.746. The van der Waals surface area contributed by atoms with E-state index in [0.717, 1.165) is 109 Å². The number of ether oxygens (including phenoxy) is 3. The summed E-state index contributed by atoms with van der Waals surface area (Å²) < 4.78 is 16.8. The van der Waals surface area contributed by atoms with Gasteiger partial charge in [-0.2, -0.15) is 0 Å². The van der Waals surface area contributed by atoms with Gasteiger partial charge in [-0.25, -0.2) is 0 Å². The Morgan fingerprint density at radius 1 is 0.323 bits per heavy atom. The number of carbonyl (C=O) groups is 3. The van der Waals surface area contributed by atoms with Gasteiger partial charge in [-0.3, -0.25) is 14.4 Å². The molecule has 0 aromatic heterocycles. The van der Waals surface area contributed by atoms with Crippen LogP contribution in [0, 0.1) is 0 Å². The average Bonchev–Trinajstić information content (AvgIpc) is 3.30. The third kappa shape index (κ3) is 51.7. The second-order valence-electron chi connectivity index (χ2n) is 18.1. The van der Waals surface area contributed by atoms with Crippen LogP contribution in [0.1, 0.15) is 265 Å². The molecule has 0 aromatic rings. The van der Waals surface area contributed by atoms with E-state index in [1.165, 1.54) is 116 Å². The van der Waals surface area contributed by atoms with Gasteiger partial charge in [0.25, 0.3) is 0 Å². The van der Waals surface area contributed by atoms with Crippen molar-refractivity contribution in [3.63, 3.8) is 0 Å². The molecule has 0 amide bonds. The Balaban J connectivity index is 4.38. The Bertz CT molecular complexity index is 1230. The van der Waals surface area contributed by atoms with Gasteiger partial charge < -0.3 is 14.2 Å². The molecule has 0 heterocycles. The molecule has 0 saturated carbocycles. The molecular formula is C59H102O6. The first-order valence-electron chi connectivity index (χ1n) is 27.4. The van der Waals surface area contributed by atoms with E-state index in [2.05, 4.69) is 93.7 Å². The Morgan fingerprint density at radius 3 is 1.02 bits per heavy atom. The van der Waals surface area contributed by atoms with Crippen molar-refractivity contribution in [3.8, 4) is 0 Å². The summed E-state index contributed by atoms with van der Waals surface area (Å²) in [7, 11) is 0. The molecule has 0 saturated heterocycles. The summed E-state index contributed by atoms with van der Waals surface area (Å²) in [4.78, 5) is 38.0. The molecule has 0 spiro atoms. The van der Waals surface area contributed by atoms with E-state index < -0.39 is 6.10 Å². The van der Waals surface area contributed by atoms with Crippen molar-refractivity contribution in [2.24, 2.45) is 0 Å². The molecule has 0 aliphatic carbocycles. The van der Waals surface area contributed by atoms with Gasteiger partial charge in [-0.1, -0.05) is 235 Å². The minimum Gasteiger partial charge on any atom is -0.462 e. The van der Waals surface area contributed by atoms with Crippen molar-refractivity contribution in [1.29, 1.82) is 0 Å². The highest BCUT2D eigenvalue weighted by atomic mass is 16.6. The van der Waals surface area contributed by atoms with Crippen molar-refractivity contribution in [3.05, 3.63) is 72.9 Å². The van der Waals surface area contributed by atoms with Crippen LogP contribution in [0.4, 0.5) is 0 Å². The van der Waals surface area contributed by atoms with Crippen LogP contribution >= 0.6 is 0 Å². The molecule has 0 rings (SSSR count). The summed E-state index contributed by atoms with van der Waals surface area (Å²) in [6.07, 6.45) is 67.5. The number of allylic oxidation sites excluding steroid dienone is 12. The van der Waals surface area contributed by atoms with Crippen molar-refractivity contribution >= 4 is 17.9 Å². The van der Waals surface area contributed by atoms with E-state index in [4.69, 9.17) is 14.2 Å². The fourth-order valence-corrected chi connectivity index (χ4v) is 7.57. The second kappa shape index (κ2) is 53.5. The number of esters is 3. The monoisotopic (exact) mass is 907 g/mol. The summed E-state index contributed by atoms with van der Waals surface area (Å²) in [6.45, 7) is 6.47. The predicted molar refractivity (Wildman–Crippen MR) is 279 cm³/mol. The topological polar surface area (TPSA) is 78.9 Å². The maximum Gasteiger partial charge on any atom is 0.306 e. The summed E-state index contributed by atoms with van der Waals surface area (Å²) in [6, 6.07) is 0. The van der Waals surface area contributed by atoms with Gasteiger partial charge >= 0.3 is 17.9 Å². The highest BCUT2D eigenvalue weighted by Crippen LogP contribution is 2.16. The highest BCUT2D eigenvalue weighted by Gasteiger charge is 2.19. The minimum absolute atomic E-state index is 0.0875. The quantitative estimate of drug-likeness (QED) is 0.0262. The average molecular weight is 907 g/mol. The van der Waals surface area contributed by atoms with Crippen LogP contribution in [0.3, 0.4) is 0 Å². The molecule has 0 bridgehead atoms. The number of unbranched alkanes of at least 4 members (excludes halogenated alkanes) is 26. The van der Waals surface area contributed by atoms with Gasteiger partial charge in [-0.05, 0) is 83.5 Å². The van der Waals surface area contributed by atoms with E-state index in [0.29, 0.717) is 19.3 Å². The summed E-state index contributed by atoms with van der Waals surface area (Å²) >= 11 is 0. The van der Waals surface area contributed by atoms with Crippen molar-refractivity contribution < 1.29 is 28.6 Å². The van der Waals surface area contributed by atoms with Crippen molar-refractivity contribution in [2.45, 2.75) is 271 Å². The standard InChI is InChI=1S/C59H102O6/c1-4-7-10-13-16-19-22-24-26-28-29-31-33-35-38-40-43-46-49-52-58(61)64-55-56(65-59(62)53-50-47-44-41-36-21-18-15-12-9-6-3)54-63-57(60)51-48-45-42-39-37-34-32-30-27-25-23-20-17-14-11-8-5-2/h7,10,15-16,18-19,24,26,29,31,35,38,56H,4-6,8-9,11-14,17,20-23,25,27-28,30,32-34,36-37,39-55H2,1-3H3/b10-7-,18-15-,19-16-,26-24-,31-29-,38-35-/t56-/m0/s1. The zero-order valence-electron chi connectivity index (χ0n) is 42.7. The lowest BCUT2D eigenvalue weighted by molar-refractivity contribution is -0.167. The molecule has 6 nitrogen and oxygen atoms in total. The van der Waals surface area contributed by atoms with Gasteiger partial charge in [0.1, 0.15) is 13.2 Å². The normalized spacial score (nSPS) is 12.6. The van der Waals surface area contributed by atoms with E-state index in [9.17, 15) is 14.4 Å².